The van der Waals surface area contributed by atoms with Crippen LogP contribution >= 0.6 is 11.3 Å². The zero-order valence-corrected chi connectivity index (χ0v) is 16.3. The molecule has 0 aliphatic carbocycles. The molecule has 1 aromatic carbocycles. The molecule has 0 radical (unpaired) electrons. The van der Waals surface area contributed by atoms with Gasteiger partial charge in [-0.25, -0.2) is 4.98 Å². The number of carbonyl (C=O) groups excluding carboxylic acids is 1. The summed E-state index contributed by atoms with van der Waals surface area (Å²) in [5.74, 6) is 1.08. The average molecular weight is 422 g/mol. The summed E-state index contributed by atoms with van der Waals surface area (Å²) in [6, 6.07) is 4.95. The molecule has 1 fully saturated rings. The molecule has 10 heteroatoms. The maximum absolute atomic E-state index is 12.9. The van der Waals surface area contributed by atoms with Crippen LogP contribution in [0.25, 0.3) is 10.6 Å². The minimum absolute atomic E-state index is 0.122. The van der Waals surface area contributed by atoms with Gasteiger partial charge in [0.05, 0.1) is 5.56 Å². The number of aryl methyl sites for hydroxylation is 1. The number of benzene rings is 1. The second-order valence-electron chi connectivity index (χ2n) is 6.86. The molecule has 3 aromatic rings. The number of likely N-dealkylation sites (tertiary alicyclic amines) is 1. The SMILES string of the molecule is Cc1noc(C2CCN(C(=O)c3csc(-c4cccc(C(F)(F)F)c4)n3)CC2)n1. The van der Waals surface area contributed by atoms with Crippen molar-refractivity contribution in [3.8, 4) is 10.6 Å². The minimum Gasteiger partial charge on any atom is -0.339 e. The fourth-order valence-corrected chi connectivity index (χ4v) is 4.09. The molecule has 0 bridgehead atoms. The predicted octanol–water partition coefficient (Wildman–Crippen LogP) is 4.54. The first kappa shape index (κ1) is 19.6. The molecule has 1 amide bonds. The quantitative estimate of drug-likeness (QED) is 0.620. The standard InChI is InChI=1S/C19H17F3N4O2S/c1-11-23-16(28-25-11)12-5-7-26(8-6-12)18(27)15-10-29-17(24-15)13-3-2-4-14(9-13)19(20,21)22/h2-4,9-10,12H,5-8H2,1H3. The van der Waals surface area contributed by atoms with Gasteiger partial charge in [0.25, 0.3) is 5.91 Å². The first-order valence-corrected chi connectivity index (χ1v) is 9.92. The van der Waals surface area contributed by atoms with Crippen LogP contribution in [0.4, 0.5) is 13.2 Å². The van der Waals surface area contributed by atoms with Crippen LogP contribution in [-0.4, -0.2) is 39.0 Å². The number of carbonyl (C=O) groups is 1. The van der Waals surface area contributed by atoms with E-state index in [1.807, 2.05) is 0 Å². The molecule has 0 unspecified atom stereocenters. The molecule has 152 valence electrons. The Morgan fingerprint density at radius 1 is 1.24 bits per heavy atom. The fourth-order valence-electron chi connectivity index (χ4n) is 3.30. The highest BCUT2D eigenvalue weighted by atomic mass is 32.1. The molecule has 0 atom stereocenters. The molecule has 2 aromatic heterocycles. The highest BCUT2D eigenvalue weighted by molar-refractivity contribution is 7.13. The zero-order chi connectivity index (χ0) is 20.6. The normalized spacial score (nSPS) is 15.7. The lowest BCUT2D eigenvalue weighted by molar-refractivity contribution is -0.137. The van der Waals surface area contributed by atoms with E-state index in [1.54, 1.807) is 23.3 Å². The fraction of sp³-hybridized carbons (Fsp3) is 0.368. The minimum atomic E-state index is -4.42. The Bertz CT molecular complexity index is 1020. The summed E-state index contributed by atoms with van der Waals surface area (Å²) < 4.78 is 44.0. The Kier molecular flexibility index (Phi) is 5.12. The van der Waals surface area contributed by atoms with E-state index in [4.69, 9.17) is 4.52 Å². The third-order valence-electron chi connectivity index (χ3n) is 4.83. The Morgan fingerprint density at radius 3 is 2.66 bits per heavy atom. The van der Waals surface area contributed by atoms with Crippen molar-refractivity contribution in [2.45, 2.75) is 31.9 Å². The number of thiazole rings is 1. The van der Waals surface area contributed by atoms with Crippen molar-refractivity contribution < 1.29 is 22.5 Å². The van der Waals surface area contributed by atoms with Gasteiger partial charge in [-0.05, 0) is 31.9 Å². The molecule has 4 rings (SSSR count). The number of aromatic nitrogens is 3. The van der Waals surface area contributed by atoms with Gasteiger partial charge < -0.3 is 9.42 Å². The van der Waals surface area contributed by atoms with Crippen LogP contribution in [0.2, 0.25) is 0 Å². The van der Waals surface area contributed by atoms with Crippen LogP contribution in [0.15, 0.2) is 34.2 Å². The molecule has 3 heterocycles. The van der Waals surface area contributed by atoms with E-state index in [0.717, 1.165) is 23.5 Å². The highest BCUT2D eigenvalue weighted by Gasteiger charge is 2.31. The third kappa shape index (κ3) is 4.16. The summed E-state index contributed by atoms with van der Waals surface area (Å²) in [5.41, 5.74) is -0.153. The summed E-state index contributed by atoms with van der Waals surface area (Å²) in [7, 11) is 0. The van der Waals surface area contributed by atoms with E-state index >= 15 is 0 Å². The molecule has 1 aliphatic heterocycles. The van der Waals surface area contributed by atoms with Crippen molar-refractivity contribution in [1.29, 1.82) is 0 Å². The zero-order valence-electron chi connectivity index (χ0n) is 15.4. The number of nitrogens with zero attached hydrogens (tertiary/aromatic N) is 4. The number of hydrogen-bond acceptors (Lipinski definition) is 6. The average Bonchev–Trinajstić information content (AvgIpc) is 3.36. The molecule has 0 N–H and O–H groups in total. The van der Waals surface area contributed by atoms with Crippen molar-refractivity contribution in [3.63, 3.8) is 0 Å². The maximum atomic E-state index is 12.9. The lowest BCUT2D eigenvalue weighted by Crippen LogP contribution is -2.38. The van der Waals surface area contributed by atoms with Gasteiger partial charge in [0.2, 0.25) is 5.89 Å². The first-order chi connectivity index (χ1) is 13.8. The lowest BCUT2D eigenvalue weighted by Gasteiger charge is -2.29. The highest BCUT2D eigenvalue weighted by Crippen LogP contribution is 2.33. The summed E-state index contributed by atoms with van der Waals surface area (Å²) in [6.45, 7) is 2.82. The summed E-state index contributed by atoms with van der Waals surface area (Å²) in [4.78, 5) is 23.0. The monoisotopic (exact) mass is 422 g/mol. The van der Waals surface area contributed by atoms with E-state index in [1.165, 1.54) is 6.07 Å². The molecule has 6 nitrogen and oxygen atoms in total. The van der Waals surface area contributed by atoms with Gasteiger partial charge in [0.15, 0.2) is 5.82 Å². The number of rotatable bonds is 3. The smallest absolute Gasteiger partial charge is 0.339 e. The second-order valence-corrected chi connectivity index (χ2v) is 7.72. The van der Waals surface area contributed by atoms with Crippen molar-refractivity contribution in [1.82, 2.24) is 20.0 Å². The van der Waals surface area contributed by atoms with Crippen molar-refractivity contribution in [3.05, 3.63) is 52.6 Å². The maximum Gasteiger partial charge on any atom is 0.416 e. The molecular weight excluding hydrogens is 405 g/mol. The van der Waals surface area contributed by atoms with E-state index < -0.39 is 11.7 Å². The summed E-state index contributed by atoms with van der Waals surface area (Å²) in [6.07, 6.45) is -3.01. The molecular formula is C19H17F3N4O2S. The molecule has 0 saturated carbocycles. The van der Waals surface area contributed by atoms with E-state index in [2.05, 4.69) is 15.1 Å². The summed E-state index contributed by atoms with van der Waals surface area (Å²) in [5, 5.41) is 5.77. The van der Waals surface area contributed by atoms with Crippen molar-refractivity contribution in [2.75, 3.05) is 13.1 Å². The van der Waals surface area contributed by atoms with Crippen LogP contribution in [0, 0.1) is 6.92 Å². The van der Waals surface area contributed by atoms with Gasteiger partial charge >= 0.3 is 6.18 Å². The number of alkyl halides is 3. The lowest BCUT2D eigenvalue weighted by atomic mass is 9.96. The molecule has 0 spiro atoms. The van der Waals surface area contributed by atoms with E-state index in [9.17, 15) is 18.0 Å². The van der Waals surface area contributed by atoms with Gasteiger partial charge in [-0.2, -0.15) is 18.2 Å². The number of piperidine rings is 1. The Morgan fingerprint density at radius 2 is 2.00 bits per heavy atom. The van der Waals surface area contributed by atoms with E-state index in [0.29, 0.717) is 48.2 Å². The Balaban J connectivity index is 1.44. The third-order valence-corrected chi connectivity index (χ3v) is 5.73. The predicted molar refractivity (Wildman–Crippen MR) is 99.5 cm³/mol. The first-order valence-electron chi connectivity index (χ1n) is 9.04. The van der Waals surface area contributed by atoms with Gasteiger partial charge in [0, 0.05) is 30.0 Å². The number of halogens is 3. The van der Waals surface area contributed by atoms with Gasteiger partial charge in [-0.1, -0.05) is 17.3 Å². The van der Waals surface area contributed by atoms with Crippen LogP contribution in [0.1, 0.15) is 46.5 Å². The molecule has 1 aliphatic rings. The topological polar surface area (TPSA) is 72.1 Å². The Labute approximate surface area is 168 Å². The number of amides is 1. The van der Waals surface area contributed by atoms with Gasteiger partial charge in [-0.3, -0.25) is 4.79 Å². The van der Waals surface area contributed by atoms with E-state index in [-0.39, 0.29) is 17.5 Å². The van der Waals surface area contributed by atoms with Crippen molar-refractivity contribution >= 4 is 17.2 Å². The van der Waals surface area contributed by atoms with Gasteiger partial charge in [-0.15, -0.1) is 11.3 Å². The number of hydrogen-bond donors (Lipinski definition) is 0. The Hall–Kier alpha value is -2.75. The van der Waals surface area contributed by atoms with Crippen LogP contribution < -0.4 is 0 Å². The molecule has 29 heavy (non-hydrogen) atoms. The summed E-state index contributed by atoms with van der Waals surface area (Å²) >= 11 is 1.16. The van der Waals surface area contributed by atoms with Crippen molar-refractivity contribution in [2.24, 2.45) is 0 Å². The second kappa shape index (κ2) is 7.58. The molecule has 1 saturated heterocycles. The van der Waals surface area contributed by atoms with Crippen LogP contribution in [0.3, 0.4) is 0 Å². The van der Waals surface area contributed by atoms with Crippen LogP contribution in [-0.2, 0) is 6.18 Å². The largest absolute Gasteiger partial charge is 0.416 e. The van der Waals surface area contributed by atoms with Crippen LogP contribution in [0.5, 0.6) is 0 Å². The van der Waals surface area contributed by atoms with Gasteiger partial charge in [0.1, 0.15) is 10.7 Å².